The third-order valence-corrected chi connectivity index (χ3v) is 3.42. The van der Waals surface area contributed by atoms with Gasteiger partial charge in [0.2, 0.25) is 10.0 Å². The van der Waals surface area contributed by atoms with E-state index < -0.39 is 10.0 Å². The maximum atomic E-state index is 11.1. The smallest absolute Gasteiger partial charge is 0.238 e. The Balaban J connectivity index is 2.73. The summed E-state index contributed by atoms with van der Waals surface area (Å²) in [5.41, 5.74) is 6.71. The number of hydrogen-bond acceptors (Lipinski definition) is 5. The summed E-state index contributed by atoms with van der Waals surface area (Å²) in [6.07, 6.45) is 0. The van der Waals surface area contributed by atoms with Crippen molar-refractivity contribution in [3.05, 3.63) is 24.3 Å². The molecular formula is C11H19N3O3S. The number of nitrogens with zero attached hydrogens (tertiary/aromatic N) is 1. The average Bonchev–Trinajstić information content (AvgIpc) is 2.28. The lowest BCUT2D eigenvalue weighted by Gasteiger charge is -2.23. The highest BCUT2D eigenvalue weighted by molar-refractivity contribution is 7.89. The van der Waals surface area contributed by atoms with Gasteiger partial charge < -0.3 is 15.4 Å². The summed E-state index contributed by atoms with van der Waals surface area (Å²) in [6.45, 7) is 1.09. The molecule has 0 aromatic heterocycles. The zero-order valence-electron chi connectivity index (χ0n) is 10.5. The molecule has 0 radical (unpaired) electrons. The molecule has 0 heterocycles. The van der Waals surface area contributed by atoms with Crippen LogP contribution in [0.15, 0.2) is 29.2 Å². The molecule has 1 unspecified atom stereocenters. The van der Waals surface area contributed by atoms with Crippen molar-refractivity contribution in [1.29, 1.82) is 0 Å². The zero-order chi connectivity index (χ0) is 13.8. The second kappa shape index (κ2) is 6.14. The van der Waals surface area contributed by atoms with Gasteiger partial charge in [-0.15, -0.1) is 0 Å². The molecule has 0 saturated carbocycles. The third-order valence-electron chi connectivity index (χ3n) is 2.50. The predicted molar refractivity (Wildman–Crippen MR) is 70.9 cm³/mol. The first kappa shape index (κ1) is 14.9. The van der Waals surface area contributed by atoms with Gasteiger partial charge in [0.05, 0.1) is 11.5 Å². The van der Waals surface area contributed by atoms with E-state index in [0.29, 0.717) is 13.2 Å². The number of benzene rings is 1. The maximum absolute atomic E-state index is 11.1. The molecule has 0 saturated heterocycles. The van der Waals surface area contributed by atoms with Crippen LogP contribution in [-0.4, -0.2) is 41.8 Å². The van der Waals surface area contributed by atoms with Crippen LogP contribution < -0.4 is 15.8 Å². The second-order valence-electron chi connectivity index (χ2n) is 4.13. The van der Waals surface area contributed by atoms with E-state index in [4.69, 9.17) is 15.6 Å². The summed E-state index contributed by atoms with van der Waals surface area (Å²) < 4.78 is 27.2. The summed E-state index contributed by atoms with van der Waals surface area (Å²) in [4.78, 5) is 2.03. The number of sulfonamides is 1. The number of primary sulfonamides is 1. The third kappa shape index (κ3) is 4.26. The van der Waals surface area contributed by atoms with Gasteiger partial charge in [-0.25, -0.2) is 13.6 Å². The van der Waals surface area contributed by atoms with Crippen LogP contribution in [-0.2, 0) is 14.8 Å². The van der Waals surface area contributed by atoms with Crippen molar-refractivity contribution in [2.45, 2.75) is 10.9 Å². The first-order valence-corrected chi connectivity index (χ1v) is 6.97. The van der Waals surface area contributed by atoms with E-state index in [2.05, 4.69) is 0 Å². The maximum Gasteiger partial charge on any atom is 0.238 e. The number of hydrogen-bond donors (Lipinski definition) is 2. The van der Waals surface area contributed by atoms with Crippen molar-refractivity contribution in [2.24, 2.45) is 10.9 Å². The predicted octanol–water partition coefficient (Wildman–Crippen LogP) is -0.256. The van der Waals surface area contributed by atoms with E-state index in [-0.39, 0.29) is 10.9 Å². The van der Waals surface area contributed by atoms with Crippen molar-refractivity contribution in [3.8, 4) is 0 Å². The zero-order valence-corrected chi connectivity index (χ0v) is 11.4. The van der Waals surface area contributed by atoms with Gasteiger partial charge in [0.25, 0.3) is 0 Å². The number of rotatable bonds is 6. The van der Waals surface area contributed by atoms with Crippen molar-refractivity contribution in [3.63, 3.8) is 0 Å². The molecule has 18 heavy (non-hydrogen) atoms. The van der Waals surface area contributed by atoms with E-state index in [0.717, 1.165) is 5.69 Å². The molecule has 6 nitrogen and oxygen atoms in total. The summed E-state index contributed by atoms with van der Waals surface area (Å²) in [7, 11) is -0.166. The number of likely N-dealkylation sites (N-methyl/N-ethyl adjacent to an activating group) is 1. The highest BCUT2D eigenvalue weighted by atomic mass is 32.2. The van der Waals surface area contributed by atoms with E-state index in [1.165, 1.54) is 12.1 Å². The van der Waals surface area contributed by atoms with Gasteiger partial charge in [-0.05, 0) is 24.3 Å². The highest BCUT2D eigenvalue weighted by Gasteiger charge is 2.10. The van der Waals surface area contributed by atoms with Crippen LogP contribution in [0.5, 0.6) is 0 Å². The number of anilines is 1. The fraction of sp³-hybridized carbons (Fsp3) is 0.455. The van der Waals surface area contributed by atoms with Crippen LogP contribution in [0, 0.1) is 0 Å². The van der Waals surface area contributed by atoms with Gasteiger partial charge in [-0.1, -0.05) is 0 Å². The molecule has 7 heteroatoms. The Bertz CT molecular complexity index is 473. The van der Waals surface area contributed by atoms with E-state index in [1.807, 2.05) is 11.9 Å². The standard InChI is InChI=1S/C11H19N3O3S/c1-14(7-9(12)8-17-2)10-3-5-11(6-4-10)18(13,15)16/h3-6,9H,7-8,12H2,1-2H3,(H2,13,15,16). The Kier molecular flexibility index (Phi) is 5.09. The normalized spacial score (nSPS) is 13.3. The van der Waals surface area contributed by atoms with Gasteiger partial charge in [0.15, 0.2) is 0 Å². The van der Waals surface area contributed by atoms with Crippen LogP contribution in [0.2, 0.25) is 0 Å². The quantitative estimate of drug-likeness (QED) is 0.744. The fourth-order valence-electron chi connectivity index (χ4n) is 1.61. The Morgan fingerprint density at radius 1 is 1.33 bits per heavy atom. The summed E-state index contributed by atoms with van der Waals surface area (Å²) >= 11 is 0. The topological polar surface area (TPSA) is 98.7 Å². The molecule has 0 aliphatic rings. The molecule has 0 aliphatic heterocycles. The SMILES string of the molecule is COCC(N)CN(C)c1ccc(S(N)(=O)=O)cc1. The van der Waals surface area contributed by atoms with Crippen LogP contribution in [0.4, 0.5) is 5.69 Å². The van der Waals surface area contributed by atoms with Gasteiger partial charge in [-0.2, -0.15) is 0 Å². The molecule has 1 atom stereocenters. The molecule has 0 fully saturated rings. The average molecular weight is 273 g/mol. The molecule has 1 aromatic rings. The Labute approximate surface area is 108 Å². The first-order chi connectivity index (χ1) is 8.34. The molecule has 102 valence electrons. The molecule has 4 N–H and O–H groups in total. The Morgan fingerprint density at radius 2 is 1.89 bits per heavy atom. The van der Waals surface area contributed by atoms with E-state index in [1.54, 1.807) is 19.2 Å². The summed E-state index contributed by atoms with van der Waals surface area (Å²) in [5, 5.41) is 5.03. The number of ether oxygens (including phenoxy) is 1. The van der Waals surface area contributed by atoms with Crippen LogP contribution >= 0.6 is 0 Å². The number of methoxy groups -OCH3 is 1. The lowest BCUT2D eigenvalue weighted by atomic mass is 10.2. The minimum Gasteiger partial charge on any atom is -0.383 e. The molecule has 0 bridgehead atoms. The van der Waals surface area contributed by atoms with Crippen molar-refractivity contribution < 1.29 is 13.2 Å². The van der Waals surface area contributed by atoms with E-state index >= 15 is 0 Å². The molecule has 0 aliphatic carbocycles. The Morgan fingerprint density at radius 3 is 2.33 bits per heavy atom. The minimum atomic E-state index is -3.64. The molecule has 1 aromatic carbocycles. The van der Waals surface area contributed by atoms with Gasteiger partial charge in [0.1, 0.15) is 0 Å². The monoisotopic (exact) mass is 273 g/mol. The first-order valence-electron chi connectivity index (χ1n) is 5.43. The van der Waals surface area contributed by atoms with Crippen LogP contribution in [0.25, 0.3) is 0 Å². The molecule has 0 amide bonds. The van der Waals surface area contributed by atoms with Crippen molar-refractivity contribution in [1.82, 2.24) is 0 Å². The van der Waals surface area contributed by atoms with Gasteiger partial charge in [0, 0.05) is 32.4 Å². The molecule has 0 spiro atoms. The fourth-order valence-corrected chi connectivity index (χ4v) is 2.13. The second-order valence-corrected chi connectivity index (χ2v) is 5.70. The Hall–Kier alpha value is -1.15. The minimum absolute atomic E-state index is 0.0980. The van der Waals surface area contributed by atoms with Crippen LogP contribution in [0.3, 0.4) is 0 Å². The molecule has 1 rings (SSSR count). The molecular weight excluding hydrogens is 254 g/mol. The summed E-state index contributed by atoms with van der Waals surface area (Å²) in [6, 6.07) is 6.24. The van der Waals surface area contributed by atoms with Gasteiger partial charge >= 0.3 is 0 Å². The van der Waals surface area contributed by atoms with Crippen molar-refractivity contribution >= 4 is 15.7 Å². The summed E-state index contributed by atoms with van der Waals surface area (Å²) in [5.74, 6) is 0. The van der Waals surface area contributed by atoms with Crippen LogP contribution in [0.1, 0.15) is 0 Å². The largest absolute Gasteiger partial charge is 0.383 e. The van der Waals surface area contributed by atoms with E-state index in [9.17, 15) is 8.42 Å². The lowest BCUT2D eigenvalue weighted by molar-refractivity contribution is 0.181. The lowest BCUT2D eigenvalue weighted by Crippen LogP contribution is -2.38. The number of nitrogens with two attached hydrogens (primary N) is 2. The van der Waals surface area contributed by atoms with Gasteiger partial charge in [-0.3, -0.25) is 0 Å². The van der Waals surface area contributed by atoms with Crippen molar-refractivity contribution in [2.75, 3.05) is 32.2 Å². The highest BCUT2D eigenvalue weighted by Crippen LogP contribution is 2.16.